The van der Waals surface area contributed by atoms with Gasteiger partial charge in [-0.3, -0.25) is 9.59 Å². The zero-order valence-corrected chi connectivity index (χ0v) is 9.53. The van der Waals surface area contributed by atoms with Crippen LogP contribution in [0.15, 0.2) is 17.1 Å². The highest BCUT2D eigenvalue weighted by atomic mass is 16.5. The number of esters is 1. The van der Waals surface area contributed by atoms with Crippen molar-refractivity contribution in [2.45, 2.75) is 26.3 Å². The van der Waals surface area contributed by atoms with Crippen LogP contribution in [0.3, 0.4) is 0 Å². The molecule has 0 radical (unpaired) electrons. The van der Waals surface area contributed by atoms with Crippen LogP contribution in [0.2, 0.25) is 0 Å². The number of rotatable bonds is 4. The predicted molar refractivity (Wildman–Crippen MR) is 61.1 cm³/mol. The average Bonchev–Trinajstić information content (AvgIpc) is 2.25. The molecule has 0 aliphatic heterocycles. The van der Waals surface area contributed by atoms with E-state index < -0.39 is 0 Å². The fourth-order valence-corrected chi connectivity index (χ4v) is 1.36. The van der Waals surface area contributed by atoms with Gasteiger partial charge in [0, 0.05) is 25.2 Å². The second kappa shape index (κ2) is 5.34. The monoisotopic (exact) mass is 224 g/mol. The number of hydrogen-bond acceptors (Lipinski definition) is 4. The minimum absolute atomic E-state index is 0.100. The number of aryl methyl sites for hydroxylation is 2. The molecule has 0 aliphatic carbocycles. The zero-order chi connectivity index (χ0) is 12.1. The number of anilines is 1. The number of carbonyl (C=O) groups is 1. The molecule has 0 bridgehead atoms. The molecule has 1 aromatic heterocycles. The summed E-state index contributed by atoms with van der Waals surface area (Å²) in [7, 11) is 1.35. The summed E-state index contributed by atoms with van der Waals surface area (Å²) in [5, 5.41) is 0. The Bertz CT molecular complexity index is 437. The van der Waals surface area contributed by atoms with Crippen molar-refractivity contribution in [2.24, 2.45) is 0 Å². The molecule has 0 aliphatic rings. The third kappa shape index (κ3) is 3.12. The van der Waals surface area contributed by atoms with E-state index in [0.29, 0.717) is 25.1 Å². The average molecular weight is 224 g/mol. The highest BCUT2D eigenvalue weighted by Gasteiger charge is 2.03. The highest BCUT2D eigenvalue weighted by Crippen LogP contribution is 2.06. The maximum atomic E-state index is 11.5. The van der Waals surface area contributed by atoms with Gasteiger partial charge in [0.25, 0.3) is 5.56 Å². The maximum absolute atomic E-state index is 11.5. The molecule has 0 amide bonds. The Morgan fingerprint density at radius 2 is 2.25 bits per heavy atom. The molecule has 2 N–H and O–H groups in total. The van der Waals surface area contributed by atoms with E-state index in [9.17, 15) is 9.59 Å². The van der Waals surface area contributed by atoms with Gasteiger partial charge in [-0.05, 0) is 18.9 Å². The van der Waals surface area contributed by atoms with Crippen LogP contribution in [-0.2, 0) is 16.1 Å². The van der Waals surface area contributed by atoms with Crippen molar-refractivity contribution in [3.8, 4) is 0 Å². The second-order valence-corrected chi connectivity index (χ2v) is 3.62. The molecule has 5 heteroatoms. The molecule has 1 aromatic rings. The van der Waals surface area contributed by atoms with E-state index in [1.54, 1.807) is 13.1 Å². The Labute approximate surface area is 93.8 Å². The van der Waals surface area contributed by atoms with Crippen LogP contribution in [0.25, 0.3) is 0 Å². The largest absolute Gasteiger partial charge is 0.469 e. The molecule has 0 saturated heterocycles. The summed E-state index contributed by atoms with van der Waals surface area (Å²) < 4.78 is 6.02. The number of pyridine rings is 1. The van der Waals surface area contributed by atoms with Crippen molar-refractivity contribution in [3.63, 3.8) is 0 Å². The van der Waals surface area contributed by atoms with Gasteiger partial charge in [-0.25, -0.2) is 0 Å². The van der Waals surface area contributed by atoms with Gasteiger partial charge in [0.05, 0.1) is 12.8 Å². The first-order chi connectivity index (χ1) is 7.54. The minimum Gasteiger partial charge on any atom is -0.469 e. The molecule has 16 heavy (non-hydrogen) atoms. The van der Waals surface area contributed by atoms with Crippen molar-refractivity contribution in [2.75, 3.05) is 12.8 Å². The van der Waals surface area contributed by atoms with Gasteiger partial charge >= 0.3 is 5.97 Å². The molecule has 0 atom stereocenters. The molecular formula is C11H16N2O3. The van der Waals surface area contributed by atoms with E-state index in [1.807, 2.05) is 0 Å². The van der Waals surface area contributed by atoms with Crippen LogP contribution < -0.4 is 11.3 Å². The van der Waals surface area contributed by atoms with E-state index in [2.05, 4.69) is 4.74 Å². The Hall–Kier alpha value is -1.78. The predicted octanol–water partition coefficient (Wildman–Crippen LogP) is 0.692. The fourth-order valence-electron chi connectivity index (χ4n) is 1.36. The molecule has 1 rings (SSSR count). The smallest absolute Gasteiger partial charge is 0.305 e. The number of nitrogen functional groups attached to an aromatic ring is 1. The molecule has 0 saturated carbocycles. The lowest BCUT2D eigenvalue weighted by molar-refractivity contribution is -0.140. The minimum atomic E-state index is -0.270. The van der Waals surface area contributed by atoms with Crippen molar-refractivity contribution in [3.05, 3.63) is 28.2 Å². The molecule has 0 spiro atoms. The number of ether oxygens (including phenoxy) is 1. The molecule has 88 valence electrons. The molecular weight excluding hydrogens is 208 g/mol. The van der Waals surface area contributed by atoms with Gasteiger partial charge in [-0.2, -0.15) is 0 Å². The first kappa shape index (κ1) is 12.3. The number of aromatic nitrogens is 1. The van der Waals surface area contributed by atoms with Gasteiger partial charge in [-0.1, -0.05) is 0 Å². The third-order valence-electron chi connectivity index (χ3n) is 2.38. The summed E-state index contributed by atoms with van der Waals surface area (Å²) in [6.45, 7) is 2.26. The Balaban J connectivity index is 2.64. The van der Waals surface area contributed by atoms with E-state index in [-0.39, 0.29) is 11.5 Å². The molecule has 5 nitrogen and oxygen atoms in total. The number of carbonyl (C=O) groups excluding carboxylic acids is 1. The van der Waals surface area contributed by atoms with Crippen LogP contribution >= 0.6 is 0 Å². The van der Waals surface area contributed by atoms with Crippen molar-refractivity contribution < 1.29 is 9.53 Å². The molecule has 0 aromatic carbocycles. The van der Waals surface area contributed by atoms with Crippen molar-refractivity contribution in [1.29, 1.82) is 0 Å². The summed E-state index contributed by atoms with van der Waals surface area (Å²) in [5.41, 5.74) is 6.95. The van der Waals surface area contributed by atoms with E-state index in [1.165, 1.54) is 17.7 Å². The summed E-state index contributed by atoms with van der Waals surface area (Å²) in [6, 6.07) is 1.49. The lowest BCUT2D eigenvalue weighted by Crippen LogP contribution is -2.20. The van der Waals surface area contributed by atoms with Crippen LogP contribution in [-0.4, -0.2) is 17.6 Å². The van der Waals surface area contributed by atoms with Crippen LogP contribution in [0.4, 0.5) is 5.69 Å². The first-order valence-corrected chi connectivity index (χ1v) is 5.08. The fraction of sp³-hybridized carbons (Fsp3) is 0.455. The first-order valence-electron chi connectivity index (χ1n) is 5.08. The highest BCUT2D eigenvalue weighted by molar-refractivity contribution is 5.68. The standard InChI is InChI=1S/C11H16N2O3/c1-8-6-10(14)13(7-9(8)12)5-3-4-11(15)16-2/h6-7H,3-5,12H2,1-2H3. The Kier molecular flexibility index (Phi) is 4.10. The Morgan fingerprint density at radius 3 is 2.88 bits per heavy atom. The quantitative estimate of drug-likeness (QED) is 0.764. The molecule has 0 fully saturated rings. The summed E-state index contributed by atoms with van der Waals surface area (Å²) in [4.78, 5) is 22.4. The lowest BCUT2D eigenvalue weighted by Gasteiger charge is -2.07. The normalized spacial score (nSPS) is 10.1. The van der Waals surface area contributed by atoms with Gasteiger partial charge in [0.15, 0.2) is 0 Å². The molecule has 0 unspecified atom stereocenters. The summed E-state index contributed by atoms with van der Waals surface area (Å²) in [6.07, 6.45) is 2.47. The maximum Gasteiger partial charge on any atom is 0.305 e. The van der Waals surface area contributed by atoms with Crippen LogP contribution in [0, 0.1) is 6.92 Å². The second-order valence-electron chi connectivity index (χ2n) is 3.62. The molecule has 1 heterocycles. The van der Waals surface area contributed by atoms with E-state index in [0.717, 1.165) is 5.56 Å². The van der Waals surface area contributed by atoms with Crippen LogP contribution in [0.5, 0.6) is 0 Å². The number of methoxy groups -OCH3 is 1. The van der Waals surface area contributed by atoms with Gasteiger partial charge in [0.2, 0.25) is 0 Å². The van der Waals surface area contributed by atoms with Crippen LogP contribution in [0.1, 0.15) is 18.4 Å². The third-order valence-corrected chi connectivity index (χ3v) is 2.38. The summed E-state index contributed by atoms with van der Waals surface area (Å²) in [5.74, 6) is -0.270. The van der Waals surface area contributed by atoms with Crippen molar-refractivity contribution >= 4 is 11.7 Å². The lowest BCUT2D eigenvalue weighted by atomic mass is 10.2. The number of hydrogen-bond donors (Lipinski definition) is 1. The summed E-state index contributed by atoms with van der Waals surface area (Å²) >= 11 is 0. The van der Waals surface area contributed by atoms with Crippen molar-refractivity contribution in [1.82, 2.24) is 4.57 Å². The van der Waals surface area contributed by atoms with Gasteiger partial charge < -0.3 is 15.0 Å². The SMILES string of the molecule is COC(=O)CCCn1cc(N)c(C)cc1=O. The van der Waals surface area contributed by atoms with Gasteiger partial charge in [-0.15, -0.1) is 0 Å². The zero-order valence-electron chi connectivity index (χ0n) is 9.53. The Morgan fingerprint density at radius 1 is 1.56 bits per heavy atom. The van der Waals surface area contributed by atoms with E-state index >= 15 is 0 Å². The van der Waals surface area contributed by atoms with Gasteiger partial charge in [0.1, 0.15) is 0 Å². The van der Waals surface area contributed by atoms with E-state index in [4.69, 9.17) is 5.73 Å². The number of nitrogens with two attached hydrogens (primary N) is 1. The topological polar surface area (TPSA) is 74.3 Å². The number of nitrogens with zero attached hydrogens (tertiary/aromatic N) is 1.